The second-order valence-electron chi connectivity index (χ2n) is 3.95. The normalized spacial score (nSPS) is 10.1. The molecule has 0 aliphatic carbocycles. The van der Waals surface area contributed by atoms with Crippen LogP contribution in [-0.2, 0) is 14.3 Å². The number of esters is 1. The molecule has 0 fully saturated rings. The summed E-state index contributed by atoms with van der Waals surface area (Å²) in [5.74, 6) is 0.00779. The molecule has 0 atom stereocenters. The standard InChI is InChI=1S/C11H21NO4/c1-5-15-10(13)6-7-12(4)11(14)16-8-9(2)3/h9H,5-8H2,1-4H3. The lowest BCUT2D eigenvalue weighted by atomic mass is 10.2. The van der Waals surface area contributed by atoms with Crippen LogP contribution in [0.3, 0.4) is 0 Å². The summed E-state index contributed by atoms with van der Waals surface area (Å²) in [5, 5.41) is 0. The van der Waals surface area contributed by atoms with Crippen molar-refractivity contribution in [2.24, 2.45) is 5.92 Å². The molecule has 94 valence electrons. The SMILES string of the molecule is CCOC(=O)CCN(C)C(=O)OCC(C)C. The van der Waals surface area contributed by atoms with E-state index in [0.717, 1.165) is 0 Å². The van der Waals surface area contributed by atoms with Crippen LogP contribution in [0.25, 0.3) is 0 Å². The van der Waals surface area contributed by atoms with Gasteiger partial charge in [0.15, 0.2) is 0 Å². The number of rotatable bonds is 6. The van der Waals surface area contributed by atoms with Gasteiger partial charge in [0.25, 0.3) is 0 Å². The average Bonchev–Trinajstić information content (AvgIpc) is 2.22. The highest BCUT2D eigenvalue weighted by Crippen LogP contribution is 1.98. The van der Waals surface area contributed by atoms with E-state index in [4.69, 9.17) is 9.47 Å². The minimum absolute atomic E-state index is 0.196. The zero-order valence-corrected chi connectivity index (χ0v) is 10.5. The molecule has 0 rings (SSSR count). The maximum Gasteiger partial charge on any atom is 0.409 e. The van der Waals surface area contributed by atoms with Crippen molar-refractivity contribution < 1.29 is 19.1 Å². The number of hydrogen-bond donors (Lipinski definition) is 0. The Balaban J connectivity index is 3.74. The van der Waals surface area contributed by atoms with Gasteiger partial charge >= 0.3 is 12.1 Å². The van der Waals surface area contributed by atoms with Crippen molar-refractivity contribution >= 4 is 12.1 Å². The molecule has 16 heavy (non-hydrogen) atoms. The van der Waals surface area contributed by atoms with Crippen molar-refractivity contribution in [2.75, 3.05) is 26.8 Å². The zero-order valence-electron chi connectivity index (χ0n) is 10.5. The molecule has 0 bridgehead atoms. The Kier molecular flexibility index (Phi) is 7.33. The molecule has 1 amide bonds. The third-order valence-electron chi connectivity index (χ3n) is 1.81. The van der Waals surface area contributed by atoms with Gasteiger partial charge in [-0.2, -0.15) is 0 Å². The molecule has 0 aliphatic rings. The smallest absolute Gasteiger partial charge is 0.409 e. The Morgan fingerprint density at radius 1 is 1.25 bits per heavy atom. The van der Waals surface area contributed by atoms with Gasteiger partial charge in [0.1, 0.15) is 0 Å². The summed E-state index contributed by atoms with van der Waals surface area (Å²) in [5.41, 5.74) is 0. The van der Waals surface area contributed by atoms with E-state index in [-0.39, 0.29) is 12.4 Å². The molecule has 0 radical (unpaired) electrons. The van der Waals surface area contributed by atoms with Crippen LogP contribution in [-0.4, -0.2) is 43.8 Å². The third-order valence-corrected chi connectivity index (χ3v) is 1.81. The van der Waals surface area contributed by atoms with E-state index in [9.17, 15) is 9.59 Å². The Bertz CT molecular complexity index is 228. The van der Waals surface area contributed by atoms with E-state index < -0.39 is 6.09 Å². The van der Waals surface area contributed by atoms with Crippen molar-refractivity contribution in [3.05, 3.63) is 0 Å². The zero-order chi connectivity index (χ0) is 12.6. The first-order valence-corrected chi connectivity index (χ1v) is 5.50. The van der Waals surface area contributed by atoms with Crippen LogP contribution in [0, 0.1) is 5.92 Å². The van der Waals surface area contributed by atoms with Gasteiger partial charge in [0.05, 0.1) is 19.6 Å². The number of hydrogen-bond acceptors (Lipinski definition) is 4. The molecule has 5 heteroatoms. The van der Waals surface area contributed by atoms with Gasteiger partial charge in [0, 0.05) is 13.6 Å². The lowest BCUT2D eigenvalue weighted by molar-refractivity contribution is -0.143. The topological polar surface area (TPSA) is 55.8 Å². The average molecular weight is 231 g/mol. The van der Waals surface area contributed by atoms with Crippen LogP contribution in [0.1, 0.15) is 27.2 Å². The first-order chi connectivity index (χ1) is 7.47. The molecule has 0 heterocycles. The summed E-state index contributed by atoms with van der Waals surface area (Å²) >= 11 is 0. The van der Waals surface area contributed by atoms with Gasteiger partial charge in [0.2, 0.25) is 0 Å². The van der Waals surface area contributed by atoms with Gasteiger partial charge in [-0.1, -0.05) is 13.8 Å². The van der Waals surface area contributed by atoms with Crippen LogP contribution in [0.4, 0.5) is 4.79 Å². The molecule has 0 aromatic rings. The van der Waals surface area contributed by atoms with Crippen molar-refractivity contribution in [1.82, 2.24) is 4.90 Å². The largest absolute Gasteiger partial charge is 0.466 e. The maximum absolute atomic E-state index is 11.4. The van der Waals surface area contributed by atoms with Crippen LogP contribution < -0.4 is 0 Å². The molecule has 0 N–H and O–H groups in total. The summed E-state index contributed by atoms with van der Waals surface area (Å²) in [6.45, 7) is 6.75. The van der Waals surface area contributed by atoms with E-state index >= 15 is 0 Å². The lowest BCUT2D eigenvalue weighted by Gasteiger charge is -2.17. The molecule has 0 aromatic carbocycles. The van der Waals surface area contributed by atoms with Crippen LogP contribution >= 0.6 is 0 Å². The molecule has 0 aliphatic heterocycles. The second kappa shape index (κ2) is 7.96. The van der Waals surface area contributed by atoms with Gasteiger partial charge in [-0.05, 0) is 12.8 Å². The number of carbonyl (C=O) groups is 2. The molecule has 0 spiro atoms. The fourth-order valence-electron chi connectivity index (χ4n) is 0.932. The predicted octanol–water partition coefficient (Wildman–Crippen LogP) is 1.66. The molecule has 0 saturated heterocycles. The first-order valence-electron chi connectivity index (χ1n) is 5.50. The Labute approximate surface area is 96.7 Å². The van der Waals surface area contributed by atoms with Gasteiger partial charge in [-0.25, -0.2) is 4.79 Å². The summed E-state index contributed by atoms with van der Waals surface area (Å²) in [4.78, 5) is 23.8. The van der Waals surface area contributed by atoms with Crippen LogP contribution in [0.5, 0.6) is 0 Å². The number of ether oxygens (including phenoxy) is 2. The van der Waals surface area contributed by atoms with Crippen LogP contribution in [0.2, 0.25) is 0 Å². The monoisotopic (exact) mass is 231 g/mol. The lowest BCUT2D eigenvalue weighted by Crippen LogP contribution is -2.30. The Morgan fingerprint density at radius 2 is 1.88 bits per heavy atom. The second-order valence-corrected chi connectivity index (χ2v) is 3.95. The minimum atomic E-state index is -0.405. The number of amides is 1. The molecule has 0 unspecified atom stereocenters. The molecular weight excluding hydrogens is 210 g/mol. The quantitative estimate of drug-likeness (QED) is 0.652. The molecule has 0 aromatic heterocycles. The summed E-state index contributed by atoms with van der Waals surface area (Å²) in [6.07, 6.45) is -0.209. The highest BCUT2D eigenvalue weighted by Gasteiger charge is 2.12. The van der Waals surface area contributed by atoms with E-state index in [1.54, 1.807) is 14.0 Å². The van der Waals surface area contributed by atoms with Crippen LogP contribution in [0.15, 0.2) is 0 Å². The minimum Gasteiger partial charge on any atom is -0.466 e. The van der Waals surface area contributed by atoms with Crippen molar-refractivity contribution in [3.8, 4) is 0 Å². The summed E-state index contributed by atoms with van der Waals surface area (Å²) < 4.78 is 9.74. The fourth-order valence-corrected chi connectivity index (χ4v) is 0.932. The Hall–Kier alpha value is -1.26. The van der Waals surface area contributed by atoms with Gasteiger partial charge < -0.3 is 14.4 Å². The number of carbonyl (C=O) groups excluding carboxylic acids is 2. The van der Waals surface area contributed by atoms with Crippen molar-refractivity contribution in [3.63, 3.8) is 0 Å². The van der Waals surface area contributed by atoms with Gasteiger partial charge in [-0.15, -0.1) is 0 Å². The third kappa shape index (κ3) is 7.09. The Morgan fingerprint density at radius 3 is 2.38 bits per heavy atom. The maximum atomic E-state index is 11.4. The van der Waals surface area contributed by atoms with Crippen molar-refractivity contribution in [1.29, 1.82) is 0 Å². The highest BCUT2D eigenvalue weighted by molar-refractivity contribution is 5.71. The van der Waals surface area contributed by atoms with E-state index in [1.165, 1.54) is 4.90 Å². The molecule has 0 saturated carbocycles. The van der Waals surface area contributed by atoms with Gasteiger partial charge in [-0.3, -0.25) is 4.79 Å². The summed E-state index contributed by atoms with van der Waals surface area (Å²) in [7, 11) is 1.60. The first kappa shape index (κ1) is 14.7. The van der Waals surface area contributed by atoms with E-state index in [1.807, 2.05) is 13.8 Å². The van der Waals surface area contributed by atoms with Crippen molar-refractivity contribution in [2.45, 2.75) is 27.2 Å². The highest BCUT2D eigenvalue weighted by atomic mass is 16.6. The fraction of sp³-hybridized carbons (Fsp3) is 0.818. The van der Waals surface area contributed by atoms with E-state index in [2.05, 4.69) is 0 Å². The number of nitrogens with zero attached hydrogens (tertiary/aromatic N) is 1. The molecule has 5 nitrogen and oxygen atoms in total. The molecular formula is C11H21NO4. The predicted molar refractivity (Wildman–Crippen MR) is 60.1 cm³/mol. The van der Waals surface area contributed by atoms with E-state index in [0.29, 0.717) is 25.7 Å². The summed E-state index contributed by atoms with van der Waals surface area (Å²) in [6, 6.07) is 0.